The summed E-state index contributed by atoms with van der Waals surface area (Å²) in [6.45, 7) is 6.80. The van der Waals surface area contributed by atoms with Gasteiger partial charge in [0.1, 0.15) is 17.4 Å². The summed E-state index contributed by atoms with van der Waals surface area (Å²) in [6, 6.07) is 8.33. The maximum atomic E-state index is 4.58. The van der Waals surface area contributed by atoms with Gasteiger partial charge in [-0.2, -0.15) is 0 Å². The number of aromatic nitrogens is 3. The zero-order valence-electron chi connectivity index (χ0n) is 12.5. The molecule has 0 spiro atoms. The number of benzene rings is 1. The molecule has 4 rings (SSSR count). The van der Waals surface area contributed by atoms with Crippen LogP contribution in [0.2, 0.25) is 0 Å². The molecule has 2 aromatic heterocycles. The molecular formula is C17H20N4. The van der Waals surface area contributed by atoms with Crippen LogP contribution in [0.1, 0.15) is 20.3 Å². The van der Waals surface area contributed by atoms with Crippen LogP contribution < -0.4 is 4.90 Å². The summed E-state index contributed by atoms with van der Waals surface area (Å²) >= 11 is 0. The van der Waals surface area contributed by atoms with Crippen LogP contribution in [0.25, 0.3) is 21.9 Å². The van der Waals surface area contributed by atoms with Crippen molar-refractivity contribution in [2.45, 2.75) is 20.3 Å². The molecule has 0 aliphatic carbocycles. The van der Waals surface area contributed by atoms with Crippen LogP contribution in [0.15, 0.2) is 30.6 Å². The third kappa shape index (κ3) is 2.06. The summed E-state index contributed by atoms with van der Waals surface area (Å²) in [4.78, 5) is 15.0. The number of nitrogens with one attached hydrogen (secondary N) is 1. The summed E-state index contributed by atoms with van der Waals surface area (Å²) in [5.74, 6) is 2.47. The first kappa shape index (κ1) is 12.6. The number of fused-ring (bicyclic) bond motifs is 3. The van der Waals surface area contributed by atoms with Gasteiger partial charge in [0.05, 0.1) is 0 Å². The van der Waals surface area contributed by atoms with Crippen LogP contribution >= 0.6 is 0 Å². The number of hydrogen-bond acceptors (Lipinski definition) is 3. The van der Waals surface area contributed by atoms with E-state index in [1.807, 2.05) is 0 Å². The zero-order valence-corrected chi connectivity index (χ0v) is 12.5. The maximum Gasteiger partial charge on any atom is 0.156 e. The summed E-state index contributed by atoms with van der Waals surface area (Å²) in [6.07, 6.45) is 3.00. The Morgan fingerprint density at radius 1 is 1.10 bits per heavy atom. The highest BCUT2D eigenvalue weighted by Crippen LogP contribution is 2.32. The highest BCUT2D eigenvalue weighted by atomic mass is 15.2. The molecule has 0 amide bonds. The predicted octanol–water partition coefficient (Wildman–Crippen LogP) is 3.59. The number of para-hydroxylation sites is 1. The number of aromatic amines is 1. The molecule has 4 nitrogen and oxygen atoms in total. The van der Waals surface area contributed by atoms with Crippen molar-refractivity contribution in [1.82, 2.24) is 15.0 Å². The number of anilines is 1. The maximum absolute atomic E-state index is 4.58. The molecule has 1 aliphatic rings. The van der Waals surface area contributed by atoms with Crippen LogP contribution in [0, 0.1) is 11.8 Å². The van der Waals surface area contributed by atoms with E-state index in [0.29, 0.717) is 11.8 Å². The molecule has 1 N–H and O–H groups in total. The van der Waals surface area contributed by atoms with Gasteiger partial charge in [-0.1, -0.05) is 32.0 Å². The molecule has 1 aromatic carbocycles. The first-order valence-electron chi connectivity index (χ1n) is 7.68. The zero-order chi connectivity index (χ0) is 14.4. The van der Waals surface area contributed by atoms with E-state index >= 15 is 0 Å². The van der Waals surface area contributed by atoms with E-state index in [0.717, 1.165) is 35.5 Å². The van der Waals surface area contributed by atoms with E-state index in [9.17, 15) is 0 Å². The van der Waals surface area contributed by atoms with E-state index in [2.05, 4.69) is 58.0 Å². The summed E-state index contributed by atoms with van der Waals surface area (Å²) in [5, 5.41) is 1.18. The van der Waals surface area contributed by atoms with E-state index in [1.165, 1.54) is 11.8 Å². The van der Waals surface area contributed by atoms with E-state index in [4.69, 9.17) is 0 Å². The fourth-order valence-corrected chi connectivity index (χ4v) is 3.70. The lowest BCUT2D eigenvalue weighted by Gasteiger charge is -2.35. The quantitative estimate of drug-likeness (QED) is 0.741. The fraction of sp³-hybridized carbons (Fsp3) is 0.412. The second kappa shape index (κ2) is 4.72. The van der Waals surface area contributed by atoms with Gasteiger partial charge in [-0.15, -0.1) is 0 Å². The highest BCUT2D eigenvalue weighted by Gasteiger charge is 2.25. The van der Waals surface area contributed by atoms with Gasteiger partial charge in [-0.25, -0.2) is 9.97 Å². The largest absolute Gasteiger partial charge is 0.354 e. The van der Waals surface area contributed by atoms with Gasteiger partial charge in [0.2, 0.25) is 0 Å². The minimum absolute atomic E-state index is 0.711. The van der Waals surface area contributed by atoms with Gasteiger partial charge in [0.25, 0.3) is 0 Å². The molecule has 0 unspecified atom stereocenters. The monoisotopic (exact) mass is 280 g/mol. The molecule has 2 atom stereocenters. The number of H-pyrrole nitrogens is 1. The predicted molar refractivity (Wildman–Crippen MR) is 86.6 cm³/mol. The standard InChI is InChI=1S/C17H20N4/c1-11-7-12(2)9-21(8-11)17-16-15(18-10-19-17)13-5-3-4-6-14(13)20-16/h3-6,10-12,20H,7-9H2,1-2H3/t11-,12-/m0/s1. The molecule has 4 heteroatoms. The second-order valence-corrected chi connectivity index (χ2v) is 6.44. The number of hydrogen-bond donors (Lipinski definition) is 1. The van der Waals surface area contributed by atoms with Gasteiger partial charge < -0.3 is 9.88 Å². The highest BCUT2D eigenvalue weighted by molar-refractivity contribution is 6.08. The molecule has 1 aliphatic heterocycles. The van der Waals surface area contributed by atoms with Crippen molar-refractivity contribution >= 4 is 27.8 Å². The molecular weight excluding hydrogens is 260 g/mol. The van der Waals surface area contributed by atoms with Gasteiger partial charge >= 0.3 is 0 Å². The molecule has 1 fully saturated rings. The Morgan fingerprint density at radius 3 is 2.67 bits per heavy atom. The van der Waals surface area contributed by atoms with Crippen molar-refractivity contribution in [3.63, 3.8) is 0 Å². The third-order valence-corrected chi connectivity index (χ3v) is 4.44. The van der Waals surface area contributed by atoms with Crippen molar-refractivity contribution in [2.75, 3.05) is 18.0 Å². The molecule has 0 radical (unpaired) electrons. The van der Waals surface area contributed by atoms with E-state index in [-0.39, 0.29) is 0 Å². The van der Waals surface area contributed by atoms with Crippen molar-refractivity contribution in [3.8, 4) is 0 Å². The van der Waals surface area contributed by atoms with Crippen LogP contribution in [-0.4, -0.2) is 28.0 Å². The fourth-order valence-electron chi connectivity index (χ4n) is 3.70. The number of rotatable bonds is 1. The summed E-state index contributed by atoms with van der Waals surface area (Å²) < 4.78 is 0. The Balaban J connectivity index is 1.88. The normalized spacial score (nSPS) is 23.0. The lowest BCUT2D eigenvalue weighted by molar-refractivity contribution is 0.356. The summed E-state index contributed by atoms with van der Waals surface area (Å²) in [5.41, 5.74) is 3.23. The van der Waals surface area contributed by atoms with Crippen LogP contribution in [0.5, 0.6) is 0 Å². The molecule has 1 saturated heterocycles. The second-order valence-electron chi connectivity index (χ2n) is 6.44. The van der Waals surface area contributed by atoms with E-state index in [1.54, 1.807) is 6.33 Å². The minimum Gasteiger partial charge on any atom is -0.354 e. The van der Waals surface area contributed by atoms with Gasteiger partial charge in [0.15, 0.2) is 5.82 Å². The average molecular weight is 280 g/mol. The average Bonchev–Trinajstić information content (AvgIpc) is 2.84. The Labute approximate surface area is 124 Å². The SMILES string of the molecule is C[C@H]1C[C@H](C)CN(c2ncnc3c2[nH]c2ccccc23)C1. The summed E-state index contributed by atoms with van der Waals surface area (Å²) in [7, 11) is 0. The van der Waals surface area contributed by atoms with Gasteiger partial charge in [-0.3, -0.25) is 0 Å². The van der Waals surface area contributed by atoms with Crippen molar-refractivity contribution in [1.29, 1.82) is 0 Å². The first-order valence-corrected chi connectivity index (χ1v) is 7.68. The molecule has 3 aromatic rings. The molecule has 0 bridgehead atoms. The van der Waals surface area contributed by atoms with Crippen molar-refractivity contribution < 1.29 is 0 Å². The molecule has 0 saturated carbocycles. The van der Waals surface area contributed by atoms with E-state index < -0.39 is 0 Å². The molecule has 108 valence electrons. The number of piperidine rings is 1. The van der Waals surface area contributed by atoms with Crippen LogP contribution in [0.3, 0.4) is 0 Å². The Kier molecular flexibility index (Phi) is 2.84. The Morgan fingerprint density at radius 2 is 1.86 bits per heavy atom. The third-order valence-electron chi connectivity index (χ3n) is 4.44. The lowest BCUT2D eigenvalue weighted by atomic mass is 9.92. The van der Waals surface area contributed by atoms with Crippen LogP contribution in [0.4, 0.5) is 5.82 Å². The van der Waals surface area contributed by atoms with Crippen molar-refractivity contribution in [3.05, 3.63) is 30.6 Å². The first-order chi connectivity index (χ1) is 10.2. The smallest absolute Gasteiger partial charge is 0.156 e. The van der Waals surface area contributed by atoms with Gasteiger partial charge in [0, 0.05) is 24.0 Å². The minimum atomic E-state index is 0.711. The van der Waals surface area contributed by atoms with Gasteiger partial charge in [-0.05, 0) is 24.3 Å². The van der Waals surface area contributed by atoms with Crippen LogP contribution in [-0.2, 0) is 0 Å². The Hall–Kier alpha value is -2.10. The molecule has 21 heavy (non-hydrogen) atoms. The number of nitrogens with zero attached hydrogens (tertiary/aromatic N) is 3. The Bertz CT molecular complexity index is 782. The topological polar surface area (TPSA) is 44.8 Å². The molecule has 3 heterocycles. The van der Waals surface area contributed by atoms with Crippen molar-refractivity contribution in [2.24, 2.45) is 11.8 Å². The lowest BCUT2D eigenvalue weighted by Crippen LogP contribution is -2.39.